The normalized spacial score (nSPS) is 15.1. The van der Waals surface area contributed by atoms with E-state index in [4.69, 9.17) is 5.53 Å². The van der Waals surface area contributed by atoms with Gasteiger partial charge in [-0.2, -0.15) is 0 Å². The number of hydrogen-bond acceptors (Lipinski definition) is 4. The number of nitrogens with one attached hydrogen (secondary N) is 2. The van der Waals surface area contributed by atoms with Gasteiger partial charge in [-0.25, -0.2) is 0 Å². The van der Waals surface area contributed by atoms with Crippen LogP contribution in [0.5, 0.6) is 0 Å². The van der Waals surface area contributed by atoms with E-state index in [1.807, 2.05) is 91.8 Å². The van der Waals surface area contributed by atoms with Gasteiger partial charge in [-0.3, -0.25) is 9.59 Å². The van der Waals surface area contributed by atoms with Gasteiger partial charge in [0.2, 0.25) is 11.8 Å². The third kappa shape index (κ3) is 8.11. The number of rotatable bonds is 11. The second-order valence-electron chi connectivity index (χ2n) is 11.2. The van der Waals surface area contributed by atoms with Gasteiger partial charge in [0.1, 0.15) is 6.04 Å². The Balaban J connectivity index is 3.26. The molecule has 35 heavy (non-hydrogen) atoms. The van der Waals surface area contributed by atoms with Crippen LogP contribution in [0, 0.1) is 11.3 Å². The van der Waals surface area contributed by atoms with Crippen molar-refractivity contribution in [1.82, 2.24) is 15.5 Å². The van der Waals surface area contributed by atoms with E-state index in [1.165, 1.54) is 0 Å². The first kappa shape index (κ1) is 30.2. The topological polar surface area (TPSA) is 110 Å². The van der Waals surface area contributed by atoms with Crippen LogP contribution in [0.15, 0.2) is 47.1 Å². The first-order chi connectivity index (χ1) is 16.2. The van der Waals surface area contributed by atoms with Crippen molar-refractivity contribution in [3.8, 4) is 0 Å². The van der Waals surface area contributed by atoms with Gasteiger partial charge >= 0.3 is 0 Å². The van der Waals surface area contributed by atoms with Crippen LogP contribution in [0.2, 0.25) is 0 Å². The number of amides is 2. The maximum absolute atomic E-state index is 13.8. The third-order valence-electron chi connectivity index (χ3n) is 6.51. The van der Waals surface area contributed by atoms with E-state index in [0.717, 1.165) is 11.1 Å². The zero-order valence-corrected chi connectivity index (χ0v) is 23.1. The fraction of sp³-hybridized carbons (Fsp3) is 0.630. The van der Waals surface area contributed by atoms with E-state index >= 15 is 0 Å². The van der Waals surface area contributed by atoms with Gasteiger partial charge in [0, 0.05) is 23.9 Å². The zero-order valence-electron chi connectivity index (χ0n) is 23.1. The Morgan fingerprint density at radius 1 is 1.11 bits per heavy atom. The number of azide groups is 1. The number of benzene rings is 1. The lowest BCUT2D eigenvalue weighted by Crippen LogP contribution is -2.61. The van der Waals surface area contributed by atoms with E-state index < -0.39 is 22.9 Å². The molecule has 2 N–H and O–H groups in total. The molecule has 8 heteroatoms. The van der Waals surface area contributed by atoms with Crippen molar-refractivity contribution in [2.24, 2.45) is 16.4 Å². The number of hydrogen-bond donors (Lipinski definition) is 2. The highest BCUT2D eigenvalue weighted by molar-refractivity contribution is 5.91. The molecule has 0 spiro atoms. The Hall–Kier alpha value is -2.83. The number of carbonyl (C=O) groups excluding carboxylic acids is 2. The highest BCUT2D eigenvalue weighted by Crippen LogP contribution is 2.29. The number of nitrogens with zero attached hydrogens (tertiary/aromatic N) is 4. The lowest BCUT2D eigenvalue weighted by Gasteiger charge is -2.40. The molecule has 1 aromatic rings. The molecule has 8 nitrogen and oxygen atoms in total. The molecular formula is C27H44N6O2. The quantitative estimate of drug-likeness (QED) is 0.203. The summed E-state index contributed by atoms with van der Waals surface area (Å²) in [5.41, 5.74) is 9.52. The lowest BCUT2D eigenvalue weighted by molar-refractivity contribution is -0.140. The van der Waals surface area contributed by atoms with Gasteiger partial charge in [-0.15, -0.1) is 0 Å². The molecule has 0 unspecified atom stereocenters. The summed E-state index contributed by atoms with van der Waals surface area (Å²) >= 11 is 0. The molecule has 0 radical (unpaired) electrons. The SMILES string of the molecule is CN[C@H](C(=O)N[C@H](C(=O)N(C)[C@H](C=C(C)CN=[N+]=[N-])C(C)C)C(C)(C)C)C(C)(C)c1ccccc1. The van der Waals surface area contributed by atoms with Crippen LogP contribution < -0.4 is 10.6 Å². The Morgan fingerprint density at radius 3 is 2.14 bits per heavy atom. The summed E-state index contributed by atoms with van der Waals surface area (Å²) in [5, 5.41) is 9.86. The minimum Gasteiger partial charge on any atom is -0.342 e. The molecule has 2 amide bonds. The van der Waals surface area contributed by atoms with Crippen LogP contribution in [-0.4, -0.2) is 55.5 Å². The van der Waals surface area contributed by atoms with Gasteiger partial charge in [-0.05, 0) is 36.4 Å². The van der Waals surface area contributed by atoms with Crippen LogP contribution in [0.3, 0.4) is 0 Å². The van der Waals surface area contributed by atoms with Gasteiger partial charge in [0.05, 0.1) is 12.1 Å². The summed E-state index contributed by atoms with van der Waals surface area (Å²) in [6, 6.07) is 8.41. The minimum atomic E-state index is -0.727. The molecule has 1 rings (SSSR count). The van der Waals surface area contributed by atoms with Crippen molar-refractivity contribution in [1.29, 1.82) is 0 Å². The Morgan fingerprint density at radius 2 is 1.69 bits per heavy atom. The third-order valence-corrected chi connectivity index (χ3v) is 6.51. The Bertz CT molecular complexity index is 927. The van der Waals surface area contributed by atoms with Crippen LogP contribution >= 0.6 is 0 Å². The second kappa shape index (κ2) is 12.8. The van der Waals surface area contributed by atoms with Crippen molar-refractivity contribution in [3.05, 3.63) is 58.0 Å². The molecule has 1 aromatic carbocycles. The molecule has 0 saturated carbocycles. The summed E-state index contributed by atoms with van der Waals surface area (Å²) in [4.78, 5) is 31.9. The fourth-order valence-corrected chi connectivity index (χ4v) is 4.32. The Kier molecular flexibility index (Phi) is 11.0. The van der Waals surface area contributed by atoms with E-state index in [0.29, 0.717) is 0 Å². The van der Waals surface area contributed by atoms with Gasteiger partial charge in [0.15, 0.2) is 0 Å². The Labute approximate surface area is 211 Å². The van der Waals surface area contributed by atoms with Crippen LogP contribution in [0.1, 0.15) is 61.0 Å². The molecule has 0 saturated heterocycles. The first-order valence-electron chi connectivity index (χ1n) is 12.2. The number of carbonyl (C=O) groups is 2. The van der Waals surface area contributed by atoms with Crippen molar-refractivity contribution in [3.63, 3.8) is 0 Å². The summed E-state index contributed by atoms with van der Waals surface area (Å²) in [6.45, 7) is 16.1. The van der Waals surface area contributed by atoms with E-state index in [2.05, 4.69) is 20.7 Å². The van der Waals surface area contributed by atoms with Crippen LogP contribution in [-0.2, 0) is 15.0 Å². The molecule has 194 valence electrons. The second-order valence-corrected chi connectivity index (χ2v) is 11.2. The van der Waals surface area contributed by atoms with Gasteiger partial charge in [0.25, 0.3) is 0 Å². The standard InChI is InChI=1S/C27H44N6O2/c1-18(2)21(16-19(3)17-30-32-28)33(10)25(35)23(26(4,5)6)31-24(34)22(29-9)27(7,8)20-14-12-11-13-15-20/h11-16,18,21-23,29H,17H2,1-10H3,(H,31,34)/t21-,22-,23-/m1/s1. The van der Waals surface area contributed by atoms with Crippen molar-refractivity contribution in [2.75, 3.05) is 20.6 Å². The van der Waals surface area contributed by atoms with Crippen LogP contribution in [0.4, 0.5) is 0 Å². The maximum atomic E-state index is 13.8. The summed E-state index contributed by atoms with van der Waals surface area (Å²) in [7, 11) is 3.53. The van der Waals surface area contributed by atoms with Crippen molar-refractivity contribution < 1.29 is 9.59 Å². The highest BCUT2D eigenvalue weighted by Gasteiger charge is 2.41. The van der Waals surface area contributed by atoms with Crippen LogP contribution in [0.25, 0.3) is 10.4 Å². The molecule has 0 aliphatic carbocycles. The molecule has 0 fully saturated rings. The zero-order chi connectivity index (χ0) is 27.0. The van der Waals surface area contributed by atoms with Gasteiger partial charge in [-0.1, -0.05) is 95.6 Å². The molecule has 0 aliphatic heterocycles. The molecule has 3 atom stereocenters. The predicted octanol–water partition coefficient (Wildman–Crippen LogP) is 4.82. The predicted molar refractivity (Wildman–Crippen MR) is 143 cm³/mol. The van der Waals surface area contributed by atoms with Gasteiger partial charge < -0.3 is 15.5 Å². The average molecular weight is 485 g/mol. The smallest absolute Gasteiger partial charge is 0.245 e. The fourth-order valence-electron chi connectivity index (χ4n) is 4.32. The highest BCUT2D eigenvalue weighted by atomic mass is 16.2. The molecule has 0 bridgehead atoms. The number of likely N-dealkylation sites (N-methyl/N-ethyl adjacent to an activating group) is 2. The first-order valence-corrected chi connectivity index (χ1v) is 12.2. The average Bonchev–Trinajstić information content (AvgIpc) is 2.78. The monoisotopic (exact) mass is 484 g/mol. The summed E-state index contributed by atoms with van der Waals surface area (Å²) in [6.07, 6.45) is 1.97. The largest absolute Gasteiger partial charge is 0.342 e. The van der Waals surface area contributed by atoms with E-state index in [-0.39, 0.29) is 30.3 Å². The summed E-state index contributed by atoms with van der Waals surface area (Å²) < 4.78 is 0. The minimum absolute atomic E-state index is 0.128. The van der Waals surface area contributed by atoms with E-state index in [1.54, 1.807) is 19.0 Å². The molecular weight excluding hydrogens is 440 g/mol. The summed E-state index contributed by atoms with van der Waals surface area (Å²) in [5.74, 6) is -0.257. The molecule has 0 aliphatic rings. The van der Waals surface area contributed by atoms with Crippen molar-refractivity contribution in [2.45, 2.75) is 78.9 Å². The van der Waals surface area contributed by atoms with E-state index in [9.17, 15) is 9.59 Å². The molecule has 0 heterocycles. The molecule has 0 aromatic heterocycles. The van der Waals surface area contributed by atoms with Crippen molar-refractivity contribution >= 4 is 11.8 Å². The maximum Gasteiger partial charge on any atom is 0.245 e. The lowest BCUT2D eigenvalue weighted by atomic mass is 9.76.